The molecule has 1 aliphatic rings. The van der Waals surface area contributed by atoms with Gasteiger partial charge in [0.05, 0.1) is 18.7 Å². The smallest absolute Gasteiger partial charge is 0.300 e. The summed E-state index contributed by atoms with van der Waals surface area (Å²) in [6, 6.07) is 15.7. The summed E-state index contributed by atoms with van der Waals surface area (Å²) in [6.07, 6.45) is 0. The van der Waals surface area contributed by atoms with Crippen molar-refractivity contribution in [1.82, 2.24) is 0 Å². The molecule has 33 heavy (non-hydrogen) atoms. The number of methoxy groups -OCH3 is 1. The molecule has 0 bridgehead atoms. The van der Waals surface area contributed by atoms with Gasteiger partial charge in [0.25, 0.3) is 11.7 Å². The lowest BCUT2D eigenvalue weighted by molar-refractivity contribution is -0.132. The minimum absolute atomic E-state index is 0.0468. The number of hydrogen-bond donors (Lipinski definition) is 1. The zero-order valence-corrected chi connectivity index (χ0v) is 18.8. The lowest BCUT2D eigenvalue weighted by Gasteiger charge is -2.26. The van der Waals surface area contributed by atoms with Gasteiger partial charge in [-0.15, -0.1) is 0 Å². The van der Waals surface area contributed by atoms with Crippen molar-refractivity contribution in [2.75, 3.05) is 12.0 Å². The minimum atomic E-state index is -0.858. The Bertz CT molecular complexity index is 1290. The van der Waals surface area contributed by atoms with Gasteiger partial charge in [-0.3, -0.25) is 14.5 Å². The summed E-state index contributed by atoms with van der Waals surface area (Å²) in [7, 11) is 1.55. The molecule has 1 heterocycles. The van der Waals surface area contributed by atoms with Gasteiger partial charge in [0.1, 0.15) is 17.3 Å². The van der Waals surface area contributed by atoms with E-state index in [-0.39, 0.29) is 16.9 Å². The van der Waals surface area contributed by atoms with Gasteiger partial charge in [-0.05, 0) is 85.5 Å². The van der Waals surface area contributed by atoms with Crippen LogP contribution in [0.1, 0.15) is 33.9 Å². The molecule has 1 aliphatic heterocycles. The van der Waals surface area contributed by atoms with E-state index in [0.717, 1.165) is 11.1 Å². The summed E-state index contributed by atoms with van der Waals surface area (Å²) >= 11 is 0. The number of ketones is 1. The third-order valence-corrected chi connectivity index (χ3v) is 6.08. The van der Waals surface area contributed by atoms with E-state index in [2.05, 4.69) is 0 Å². The Morgan fingerprint density at radius 2 is 1.61 bits per heavy atom. The fourth-order valence-corrected chi connectivity index (χ4v) is 4.02. The first kappa shape index (κ1) is 22.3. The van der Waals surface area contributed by atoms with Gasteiger partial charge in [0, 0.05) is 11.3 Å². The molecule has 1 saturated heterocycles. The summed E-state index contributed by atoms with van der Waals surface area (Å²) in [5.74, 6) is -1.68. The Morgan fingerprint density at radius 1 is 0.909 bits per heavy atom. The number of aryl methyl sites for hydroxylation is 3. The molecule has 3 aromatic carbocycles. The highest BCUT2D eigenvalue weighted by atomic mass is 19.1. The van der Waals surface area contributed by atoms with E-state index in [9.17, 15) is 19.1 Å². The lowest BCUT2D eigenvalue weighted by Crippen LogP contribution is -2.29. The fourth-order valence-electron chi connectivity index (χ4n) is 4.02. The van der Waals surface area contributed by atoms with Crippen molar-refractivity contribution in [3.8, 4) is 5.75 Å². The van der Waals surface area contributed by atoms with Crippen LogP contribution in [0, 0.1) is 26.6 Å². The normalized spacial score (nSPS) is 17.5. The Kier molecular flexibility index (Phi) is 5.77. The van der Waals surface area contributed by atoms with Gasteiger partial charge < -0.3 is 9.84 Å². The van der Waals surface area contributed by atoms with Crippen LogP contribution in [-0.2, 0) is 9.59 Å². The van der Waals surface area contributed by atoms with Crippen LogP contribution >= 0.6 is 0 Å². The maximum Gasteiger partial charge on any atom is 0.300 e. The first-order valence-corrected chi connectivity index (χ1v) is 10.5. The summed E-state index contributed by atoms with van der Waals surface area (Å²) in [6.45, 7) is 5.46. The van der Waals surface area contributed by atoms with E-state index in [4.69, 9.17) is 4.74 Å². The van der Waals surface area contributed by atoms with Crippen LogP contribution in [0.3, 0.4) is 0 Å². The zero-order chi connectivity index (χ0) is 23.9. The van der Waals surface area contributed by atoms with E-state index in [0.29, 0.717) is 22.6 Å². The zero-order valence-electron chi connectivity index (χ0n) is 18.8. The van der Waals surface area contributed by atoms with Gasteiger partial charge in [-0.2, -0.15) is 0 Å². The second-order valence-electron chi connectivity index (χ2n) is 8.17. The summed E-state index contributed by atoms with van der Waals surface area (Å²) in [5, 5.41) is 11.2. The highest BCUT2D eigenvalue weighted by Crippen LogP contribution is 2.42. The topological polar surface area (TPSA) is 66.8 Å². The van der Waals surface area contributed by atoms with Crippen molar-refractivity contribution in [2.45, 2.75) is 26.8 Å². The predicted molar refractivity (Wildman–Crippen MR) is 125 cm³/mol. The second kappa shape index (κ2) is 8.54. The number of benzene rings is 3. The number of carbonyl (C=O) groups is 2. The monoisotopic (exact) mass is 445 g/mol. The Balaban J connectivity index is 1.95. The molecule has 0 spiro atoms. The largest absolute Gasteiger partial charge is 0.507 e. The molecule has 5 nitrogen and oxygen atoms in total. The van der Waals surface area contributed by atoms with Gasteiger partial charge in [-0.1, -0.05) is 18.2 Å². The van der Waals surface area contributed by atoms with Crippen LogP contribution in [0.5, 0.6) is 5.75 Å². The number of aliphatic hydroxyl groups is 1. The molecule has 0 radical (unpaired) electrons. The third kappa shape index (κ3) is 3.89. The molecule has 1 N–H and O–H groups in total. The average Bonchev–Trinajstić information content (AvgIpc) is 3.07. The van der Waals surface area contributed by atoms with Crippen molar-refractivity contribution < 1.29 is 23.8 Å². The summed E-state index contributed by atoms with van der Waals surface area (Å²) in [5.41, 5.74) is 3.75. The number of anilines is 1. The predicted octanol–water partition coefficient (Wildman–Crippen LogP) is 5.39. The molecule has 3 aromatic rings. The molecule has 4 rings (SSSR count). The van der Waals surface area contributed by atoms with E-state index in [1.54, 1.807) is 44.4 Å². The van der Waals surface area contributed by atoms with Gasteiger partial charge in [-0.25, -0.2) is 4.39 Å². The molecule has 0 aromatic heterocycles. The summed E-state index contributed by atoms with van der Waals surface area (Å²) in [4.78, 5) is 27.8. The quantitative estimate of drug-likeness (QED) is 0.332. The number of aliphatic hydroxyl groups excluding tert-OH is 1. The molecular weight excluding hydrogens is 421 g/mol. The number of Topliss-reactive ketones (excluding diaryl/α,β-unsaturated/α-hetero) is 1. The molecule has 1 atom stereocenters. The molecule has 6 heteroatoms. The van der Waals surface area contributed by atoms with Gasteiger partial charge in [0.15, 0.2) is 0 Å². The number of halogens is 1. The van der Waals surface area contributed by atoms with Crippen molar-refractivity contribution in [2.24, 2.45) is 0 Å². The van der Waals surface area contributed by atoms with Crippen LogP contribution in [0.2, 0.25) is 0 Å². The van der Waals surface area contributed by atoms with E-state index in [1.807, 2.05) is 26.0 Å². The summed E-state index contributed by atoms with van der Waals surface area (Å²) < 4.78 is 19.0. The SMILES string of the molecule is COc1ccc(C2/C(=C(\O)c3ccc(F)c(C)c3)C(=O)C(=O)N2c2ccc(C)c(C)c2)cc1. The van der Waals surface area contributed by atoms with E-state index >= 15 is 0 Å². The number of amides is 1. The van der Waals surface area contributed by atoms with Crippen molar-refractivity contribution in [3.05, 3.63) is 99.9 Å². The average molecular weight is 445 g/mol. The van der Waals surface area contributed by atoms with Gasteiger partial charge >= 0.3 is 0 Å². The van der Waals surface area contributed by atoms with Crippen molar-refractivity contribution in [3.63, 3.8) is 0 Å². The number of rotatable bonds is 4. The van der Waals surface area contributed by atoms with Gasteiger partial charge in [0.2, 0.25) is 0 Å². The third-order valence-electron chi connectivity index (χ3n) is 6.08. The standard InChI is InChI=1S/C27H24FNO4/c1-15-5-9-20(14-16(15)2)29-24(18-6-10-21(33-4)11-7-18)23(26(31)27(29)32)25(30)19-8-12-22(28)17(3)13-19/h5-14,24,30H,1-4H3/b25-23+. The Morgan fingerprint density at radius 3 is 2.21 bits per heavy atom. The Hall–Kier alpha value is -3.93. The Labute approximate surface area is 191 Å². The molecule has 168 valence electrons. The number of ether oxygens (including phenoxy) is 1. The van der Waals surface area contributed by atoms with Crippen LogP contribution in [0.4, 0.5) is 10.1 Å². The maximum atomic E-state index is 13.8. The fraction of sp³-hybridized carbons (Fsp3) is 0.185. The number of hydrogen-bond acceptors (Lipinski definition) is 4. The molecule has 1 unspecified atom stereocenters. The van der Waals surface area contributed by atoms with Crippen LogP contribution in [-0.4, -0.2) is 23.9 Å². The highest BCUT2D eigenvalue weighted by Gasteiger charge is 2.47. The highest BCUT2D eigenvalue weighted by molar-refractivity contribution is 6.51. The van der Waals surface area contributed by atoms with E-state index in [1.165, 1.54) is 23.1 Å². The van der Waals surface area contributed by atoms with Crippen LogP contribution in [0.25, 0.3) is 5.76 Å². The second-order valence-corrected chi connectivity index (χ2v) is 8.17. The van der Waals surface area contributed by atoms with Crippen molar-refractivity contribution in [1.29, 1.82) is 0 Å². The minimum Gasteiger partial charge on any atom is -0.507 e. The molecule has 0 aliphatic carbocycles. The molecule has 1 amide bonds. The van der Waals surface area contributed by atoms with Crippen molar-refractivity contribution >= 4 is 23.1 Å². The number of carbonyl (C=O) groups excluding carboxylic acids is 2. The van der Waals surface area contributed by atoms with E-state index < -0.39 is 23.5 Å². The maximum absolute atomic E-state index is 13.8. The van der Waals surface area contributed by atoms with Crippen LogP contribution in [0.15, 0.2) is 66.2 Å². The molecule has 1 fully saturated rings. The molecule has 0 saturated carbocycles. The first-order chi connectivity index (χ1) is 15.7. The lowest BCUT2D eigenvalue weighted by atomic mass is 9.94. The molecular formula is C27H24FNO4. The first-order valence-electron chi connectivity index (χ1n) is 10.5. The number of nitrogens with zero attached hydrogens (tertiary/aromatic N) is 1. The van der Waals surface area contributed by atoms with Crippen LogP contribution < -0.4 is 9.64 Å².